The molecule has 1 aliphatic carbocycles. The van der Waals surface area contributed by atoms with Crippen LogP contribution in [0, 0.1) is 5.82 Å². The lowest BCUT2D eigenvalue weighted by Gasteiger charge is -2.06. The van der Waals surface area contributed by atoms with Gasteiger partial charge in [-0.15, -0.1) is 0 Å². The van der Waals surface area contributed by atoms with Gasteiger partial charge in [0, 0.05) is 12.0 Å². The van der Waals surface area contributed by atoms with Gasteiger partial charge in [0.25, 0.3) is 0 Å². The van der Waals surface area contributed by atoms with Gasteiger partial charge in [-0.25, -0.2) is 4.39 Å². The van der Waals surface area contributed by atoms with Crippen LogP contribution >= 0.6 is 0 Å². The Hall–Kier alpha value is -2.22. The van der Waals surface area contributed by atoms with E-state index in [1.807, 2.05) is 24.3 Å². The summed E-state index contributed by atoms with van der Waals surface area (Å²) in [7, 11) is 0. The molecule has 2 aromatic rings. The Kier molecular flexibility index (Phi) is 2.56. The molecule has 0 aliphatic heterocycles. The summed E-state index contributed by atoms with van der Waals surface area (Å²) in [6.45, 7) is 0. The van der Waals surface area contributed by atoms with Crippen LogP contribution in [-0.4, -0.2) is 6.29 Å². The van der Waals surface area contributed by atoms with E-state index in [9.17, 15) is 9.18 Å². The minimum Gasteiger partial charge on any atom is -0.298 e. The molecule has 0 radical (unpaired) electrons. The van der Waals surface area contributed by atoms with Crippen LogP contribution in [0.3, 0.4) is 0 Å². The van der Waals surface area contributed by atoms with Crippen LogP contribution < -0.4 is 0 Å². The van der Waals surface area contributed by atoms with E-state index in [4.69, 9.17) is 0 Å². The number of hydrogen-bond donors (Lipinski definition) is 0. The maximum absolute atomic E-state index is 13.0. The summed E-state index contributed by atoms with van der Waals surface area (Å²) in [4.78, 5) is 11.2. The van der Waals surface area contributed by atoms with E-state index in [2.05, 4.69) is 0 Å². The molecule has 1 nitrogen and oxygen atoms in total. The molecule has 0 saturated heterocycles. The van der Waals surface area contributed by atoms with Crippen LogP contribution in [0.5, 0.6) is 0 Å². The molecular weight excluding hydrogens is 227 g/mol. The highest BCUT2D eigenvalue weighted by atomic mass is 19.1. The molecule has 0 N–H and O–H groups in total. The zero-order valence-corrected chi connectivity index (χ0v) is 9.69. The highest BCUT2D eigenvalue weighted by molar-refractivity contribution is 5.99. The SMILES string of the molecule is O=CC1=C(c2ccc(F)cc2)c2ccccc2C1. The first-order valence-corrected chi connectivity index (χ1v) is 5.82. The largest absolute Gasteiger partial charge is 0.298 e. The van der Waals surface area contributed by atoms with Gasteiger partial charge in [0.15, 0.2) is 0 Å². The van der Waals surface area contributed by atoms with Gasteiger partial charge in [-0.1, -0.05) is 36.4 Å². The van der Waals surface area contributed by atoms with Crippen molar-refractivity contribution in [2.75, 3.05) is 0 Å². The van der Waals surface area contributed by atoms with Gasteiger partial charge in [0.05, 0.1) is 0 Å². The number of aldehydes is 1. The Balaban J connectivity index is 2.19. The fourth-order valence-corrected chi connectivity index (χ4v) is 2.44. The molecule has 3 rings (SSSR count). The average molecular weight is 238 g/mol. The van der Waals surface area contributed by atoms with E-state index in [0.29, 0.717) is 6.42 Å². The molecule has 0 atom stereocenters. The quantitative estimate of drug-likeness (QED) is 0.733. The molecule has 0 spiro atoms. The molecular formula is C16H11FO. The van der Waals surface area contributed by atoms with E-state index in [1.54, 1.807) is 12.1 Å². The predicted octanol–water partition coefficient (Wildman–Crippen LogP) is 3.38. The van der Waals surface area contributed by atoms with Crippen molar-refractivity contribution in [3.63, 3.8) is 0 Å². The highest BCUT2D eigenvalue weighted by Crippen LogP contribution is 2.36. The highest BCUT2D eigenvalue weighted by Gasteiger charge is 2.21. The second-order valence-electron chi connectivity index (χ2n) is 4.36. The average Bonchev–Trinajstić information content (AvgIpc) is 2.78. The van der Waals surface area contributed by atoms with Gasteiger partial charge in [0.2, 0.25) is 0 Å². The number of carbonyl (C=O) groups excluding carboxylic acids is 1. The van der Waals surface area contributed by atoms with E-state index in [1.165, 1.54) is 12.1 Å². The molecule has 0 amide bonds. The van der Waals surface area contributed by atoms with Crippen LogP contribution in [0.25, 0.3) is 5.57 Å². The molecule has 0 fully saturated rings. The maximum atomic E-state index is 13.0. The van der Waals surface area contributed by atoms with Crippen molar-refractivity contribution < 1.29 is 9.18 Å². The first-order valence-electron chi connectivity index (χ1n) is 5.82. The van der Waals surface area contributed by atoms with E-state index >= 15 is 0 Å². The third kappa shape index (κ3) is 1.66. The van der Waals surface area contributed by atoms with Crippen molar-refractivity contribution in [3.8, 4) is 0 Å². The Morgan fingerprint density at radius 1 is 1.00 bits per heavy atom. The molecule has 0 aromatic heterocycles. The van der Waals surface area contributed by atoms with Crippen molar-refractivity contribution in [3.05, 3.63) is 76.6 Å². The minimum absolute atomic E-state index is 0.265. The minimum atomic E-state index is -0.265. The molecule has 88 valence electrons. The molecule has 0 bridgehead atoms. The Morgan fingerprint density at radius 2 is 1.72 bits per heavy atom. The summed E-state index contributed by atoms with van der Waals surface area (Å²) in [5.41, 5.74) is 4.82. The molecule has 2 heteroatoms. The zero-order valence-electron chi connectivity index (χ0n) is 9.69. The summed E-state index contributed by atoms with van der Waals surface area (Å²) in [6, 6.07) is 14.2. The van der Waals surface area contributed by atoms with Crippen molar-refractivity contribution in [1.82, 2.24) is 0 Å². The molecule has 18 heavy (non-hydrogen) atoms. The summed E-state index contributed by atoms with van der Waals surface area (Å²) < 4.78 is 13.0. The number of halogens is 1. The Bertz CT molecular complexity index is 638. The number of benzene rings is 2. The molecule has 1 aliphatic rings. The molecule has 0 heterocycles. The van der Waals surface area contributed by atoms with Crippen molar-refractivity contribution >= 4 is 11.9 Å². The second kappa shape index (κ2) is 4.22. The van der Waals surface area contributed by atoms with Crippen LogP contribution in [-0.2, 0) is 11.2 Å². The van der Waals surface area contributed by atoms with Gasteiger partial charge in [0.1, 0.15) is 12.1 Å². The number of allylic oxidation sites excluding steroid dienone is 1. The number of rotatable bonds is 2. The predicted molar refractivity (Wildman–Crippen MR) is 68.6 cm³/mol. The fraction of sp³-hybridized carbons (Fsp3) is 0.0625. The molecule has 2 aromatic carbocycles. The standard InChI is InChI=1S/C16H11FO/c17-14-7-5-11(6-8-14)16-13(10-18)9-12-3-1-2-4-15(12)16/h1-8,10H,9H2. The number of carbonyl (C=O) groups is 1. The lowest BCUT2D eigenvalue weighted by molar-refractivity contribution is -0.104. The van der Waals surface area contributed by atoms with Crippen LogP contribution in [0.4, 0.5) is 4.39 Å². The summed E-state index contributed by atoms with van der Waals surface area (Å²) in [5, 5.41) is 0. The van der Waals surface area contributed by atoms with Crippen molar-refractivity contribution in [2.24, 2.45) is 0 Å². The topological polar surface area (TPSA) is 17.1 Å². The second-order valence-corrected chi connectivity index (χ2v) is 4.36. The van der Waals surface area contributed by atoms with Crippen LogP contribution in [0.1, 0.15) is 16.7 Å². The summed E-state index contributed by atoms with van der Waals surface area (Å²) in [5.74, 6) is -0.265. The lowest BCUT2D eigenvalue weighted by atomic mass is 9.98. The van der Waals surface area contributed by atoms with Gasteiger partial charge in [-0.3, -0.25) is 4.79 Å². The first-order chi connectivity index (χ1) is 8.79. The number of fused-ring (bicyclic) bond motifs is 1. The van der Waals surface area contributed by atoms with Gasteiger partial charge in [-0.2, -0.15) is 0 Å². The monoisotopic (exact) mass is 238 g/mol. The Labute approximate surface area is 105 Å². The van der Waals surface area contributed by atoms with E-state index in [0.717, 1.165) is 34.1 Å². The van der Waals surface area contributed by atoms with E-state index < -0.39 is 0 Å². The van der Waals surface area contributed by atoms with Gasteiger partial charge in [-0.05, 0) is 34.4 Å². The van der Waals surface area contributed by atoms with Gasteiger partial charge >= 0.3 is 0 Å². The first kappa shape index (κ1) is 10.9. The lowest BCUT2D eigenvalue weighted by Crippen LogP contribution is -1.90. The Morgan fingerprint density at radius 3 is 2.44 bits per heavy atom. The van der Waals surface area contributed by atoms with Crippen molar-refractivity contribution in [1.29, 1.82) is 0 Å². The van der Waals surface area contributed by atoms with Crippen LogP contribution in [0.15, 0.2) is 54.1 Å². The normalized spacial score (nSPS) is 13.6. The zero-order chi connectivity index (χ0) is 12.5. The van der Waals surface area contributed by atoms with Crippen molar-refractivity contribution in [2.45, 2.75) is 6.42 Å². The smallest absolute Gasteiger partial charge is 0.147 e. The molecule has 0 saturated carbocycles. The fourth-order valence-electron chi connectivity index (χ4n) is 2.44. The maximum Gasteiger partial charge on any atom is 0.147 e. The van der Waals surface area contributed by atoms with E-state index in [-0.39, 0.29) is 5.82 Å². The summed E-state index contributed by atoms with van der Waals surface area (Å²) in [6.07, 6.45) is 1.56. The van der Waals surface area contributed by atoms with Gasteiger partial charge < -0.3 is 0 Å². The van der Waals surface area contributed by atoms with Crippen LogP contribution in [0.2, 0.25) is 0 Å². The summed E-state index contributed by atoms with van der Waals surface area (Å²) >= 11 is 0. The molecule has 0 unspecified atom stereocenters. The number of hydrogen-bond acceptors (Lipinski definition) is 1. The third-order valence-electron chi connectivity index (χ3n) is 3.26. The third-order valence-corrected chi connectivity index (χ3v) is 3.26.